The topological polar surface area (TPSA) is 102 Å². The maximum Gasteiger partial charge on any atom is 0.338 e. The number of carbonyl (C=O) groups excluding carboxylic acids is 2. The zero-order valence-electron chi connectivity index (χ0n) is 18.2. The van der Waals surface area contributed by atoms with E-state index in [1.807, 2.05) is 13.8 Å². The Bertz CT molecular complexity index is 902. The van der Waals surface area contributed by atoms with Crippen LogP contribution in [0.1, 0.15) is 43.5 Å². The van der Waals surface area contributed by atoms with E-state index in [9.17, 15) is 18.0 Å². The molecule has 0 radical (unpaired) electrons. The second kappa shape index (κ2) is 9.97. The van der Waals surface area contributed by atoms with Crippen LogP contribution in [0.4, 0.5) is 0 Å². The lowest BCUT2D eigenvalue weighted by atomic mass is 9.97. The average molecular weight is 455 g/mol. The van der Waals surface area contributed by atoms with Gasteiger partial charge in [-0.25, -0.2) is 13.2 Å². The molecular weight excluding hydrogens is 424 g/mol. The van der Waals surface area contributed by atoms with Crippen molar-refractivity contribution in [2.45, 2.75) is 50.1 Å². The predicted molar refractivity (Wildman–Crippen MR) is 112 cm³/mol. The van der Waals surface area contributed by atoms with Crippen molar-refractivity contribution in [3.8, 4) is 5.75 Å². The number of piperidine rings is 1. The number of amides is 1. The minimum Gasteiger partial charge on any atom is -0.495 e. The van der Waals surface area contributed by atoms with Gasteiger partial charge in [0, 0.05) is 25.2 Å². The van der Waals surface area contributed by atoms with Crippen molar-refractivity contribution in [1.29, 1.82) is 0 Å². The molecule has 0 spiro atoms. The Morgan fingerprint density at radius 2 is 1.77 bits per heavy atom. The number of hydrogen-bond acceptors (Lipinski definition) is 7. The van der Waals surface area contributed by atoms with Gasteiger partial charge in [-0.3, -0.25) is 4.79 Å². The van der Waals surface area contributed by atoms with Gasteiger partial charge >= 0.3 is 5.97 Å². The van der Waals surface area contributed by atoms with Crippen LogP contribution in [0.5, 0.6) is 5.75 Å². The van der Waals surface area contributed by atoms with E-state index in [0.29, 0.717) is 13.2 Å². The number of likely N-dealkylation sites (tertiary alicyclic amines) is 1. The van der Waals surface area contributed by atoms with Gasteiger partial charge in [0.15, 0.2) is 6.61 Å². The van der Waals surface area contributed by atoms with Crippen LogP contribution >= 0.6 is 0 Å². The Labute approximate surface area is 183 Å². The number of morpholine rings is 1. The number of benzene rings is 1. The van der Waals surface area contributed by atoms with E-state index in [-0.39, 0.29) is 53.9 Å². The van der Waals surface area contributed by atoms with E-state index < -0.39 is 16.0 Å². The summed E-state index contributed by atoms with van der Waals surface area (Å²) in [6.45, 7) is 4.65. The first-order valence-electron chi connectivity index (χ1n) is 10.5. The fraction of sp³-hybridized carbons (Fsp3) is 0.619. The summed E-state index contributed by atoms with van der Waals surface area (Å²) in [5.74, 6) is -0.871. The van der Waals surface area contributed by atoms with Crippen molar-refractivity contribution in [2.24, 2.45) is 0 Å². The number of carbonyl (C=O) groups is 2. The molecule has 2 saturated heterocycles. The summed E-state index contributed by atoms with van der Waals surface area (Å²) in [7, 11) is -2.51. The zero-order chi connectivity index (χ0) is 22.6. The summed E-state index contributed by atoms with van der Waals surface area (Å²) in [6.07, 6.45) is 2.91. The third-order valence-electron chi connectivity index (χ3n) is 5.80. The summed E-state index contributed by atoms with van der Waals surface area (Å²) in [4.78, 5) is 26.8. The molecule has 2 heterocycles. The van der Waals surface area contributed by atoms with Gasteiger partial charge in [-0.15, -0.1) is 0 Å². The number of methoxy groups -OCH3 is 1. The molecule has 0 bridgehead atoms. The normalized spacial score (nSPS) is 22.7. The lowest BCUT2D eigenvalue weighted by molar-refractivity contribution is -0.140. The first kappa shape index (κ1) is 23.5. The van der Waals surface area contributed by atoms with Crippen LogP contribution in [0.15, 0.2) is 23.1 Å². The van der Waals surface area contributed by atoms with Crippen molar-refractivity contribution < 1.29 is 32.2 Å². The summed E-state index contributed by atoms with van der Waals surface area (Å²) in [5, 5.41) is 0. The van der Waals surface area contributed by atoms with E-state index >= 15 is 0 Å². The molecule has 0 N–H and O–H groups in total. The van der Waals surface area contributed by atoms with Gasteiger partial charge in [-0.2, -0.15) is 4.31 Å². The summed E-state index contributed by atoms with van der Waals surface area (Å²) >= 11 is 0. The third-order valence-corrected chi connectivity index (χ3v) is 7.72. The molecule has 0 unspecified atom stereocenters. The smallest absolute Gasteiger partial charge is 0.338 e. The molecule has 1 aromatic rings. The average Bonchev–Trinajstić information content (AvgIpc) is 2.77. The molecule has 2 aliphatic rings. The van der Waals surface area contributed by atoms with Gasteiger partial charge < -0.3 is 19.1 Å². The van der Waals surface area contributed by atoms with Crippen LogP contribution in [0.2, 0.25) is 0 Å². The first-order valence-corrected chi connectivity index (χ1v) is 11.9. The molecule has 3 rings (SSSR count). The molecule has 2 atom stereocenters. The van der Waals surface area contributed by atoms with Crippen LogP contribution in [-0.2, 0) is 24.3 Å². The van der Waals surface area contributed by atoms with Gasteiger partial charge in [-0.1, -0.05) is 0 Å². The predicted octanol–water partition coefficient (Wildman–Crippen LogP) is 1.66. The van der Waals surface area contributed by atoms with Crippen LogP contribution in [0, 0.1) is 0 Å². The van der Waals surface area contributed by atoms with Gasteiger partial charge in [0.05, 0.1) is 25.9 Å². The van der Waals surface area contributed by atoms with Crippen molar-refractivity contribution in [3.63, 3.8) is 0 Å². The maximum absolute atomic E-state index is 13.1. The van der Waals surface area contributed by atoms with E-state index in [4.69, 9.17) is 14.2 Å². The van der Waals surface area contributed by atoms with Gasteiger partial charge in [-0.05, 0) is 51.3 Å². The molecule has 2 aliphatic heterocycles. The fourth-order valence-electron chi connectivity index (χ4n) is 4.13. The van der Waals surface area contributed by atoms with E-state index in [0.717, 1.165) is 19.3 Å². The van der Waals surface area contributed by atoms with Crippen molar-refractivity contribution in [1.82, 2.24) is 9.21 Å². The molecule has 0 saturated carbocycles. The Kier molecular flexibility index (Phi) is 7.55. The SMILES string of the molecule is COc1ccc(C(=O)OCC(=O)N2[C@H](C)CCC[C@H]2C)cc1S(=O)(=O)N1CCOCC1. The van der Waals surface area contributed by atoms with Crippen LogP contribution in [0.25, 0.3) is 0 Å². The highest BCUT2D eigenvalue weighted by Crippen LogP contribution is 2.29. The van der Waals surface area contributed by atoms with Crippen LogP contribution in [-0.4, -0.2) is 81.6 Å². The van der Waals surface area contributed by atoms with Crippen molar-refractivity contribution in [3.05, 3.63) is 23.8 Å². The largest absolute Gasteiger partial charge is 0.495 e. The molecule has 31 heavy (non-hydrogen) atoms. The molecule has 10 heteroatoms. The van der Waals surface area contributed by atoms with Crippen LogP contribution < -0.4 is 4.74 Å². The van der Waals surface area contributed by atoms with Crippen molar-refractivity contribution in [2.75, 3.05) is 40.0 Å². The minimum atomic E-state index is -3.88. The number of hydrogen-bond donors (Lipinski definition) is 0. The standard InChI is InChI=1S/C21H30N2O7S/c1-15-5-4-6-16(2)23(15)20(24)14-30-21(25)17-7-8-18(28-3)19(13-17)31(26,27)22-9-11-29-12-10-22/h7-8,13,15-16H,4-6,9-12,14H2,1-3H3/t15-,16-/m1/s1. The lowest BCUT2D eigenvalue weighted by Crippen LogP contribution is -2.49. The Morgan fingerprint density at radius 3 is 2.39 bits per heavy atom. The van der Waals surface area contributed by atoms with Crippen molar-refractivity contribution >= 4 is 21.9 Å². The third kappa shape index (κ3) is 5.19. The summed E-state index contributed by atoms with van der Waals surface area (Å²) in [5.41, 5.74) is 0.0418. The lowest BCUT2D eigenvalue weighted by Gasteiger charge is -2.38. The Balaban J connectivity index is 1.74. The molecule has 0 aliphatic carbocycles. The highest BCUT2D eigenvalue weighted by atomic mass is 32.2. The molecule has 1 amide bonds. The van der Waals surface area contributed by atoms with E-state index in [1.54, 1.807) is 4.90 Å². The van der Waals surface area contributed by atoms with E-state index in [2.05, 4.69) is 0 Å². The molecular formula is C21H30N2O7S. The molecule has 172 valence electrons. The van der Waals surface area contributed by atoms with E-state index in [1.165, 1.54) is 29.6 Å². The zero-order valence-corrected chi connectivity index (χ0v) is 19.0. The monoisotopic (exact) mass is 454 g/mol. The molecule has 2 fully saturated rings. The second-order valence-corrected chi connectivity index (χ2v) is 9.79. The molecule has 9 nitrogen and oxygen atoms in total. The van der Waals surface area contributed by atoms with Gasteiger partial charge in [0.25, 0.3) is 5.91 Å². The summed E-state index contributed by atoms with van der Waals surface area (Å²) < 4.78 is 43.1. The Hall–Kier alpha value is -2.17. The number of sulfonamides is 1. The molecule has 0 aromatic heterocycles. The van der Waals surface area contributed by atoms with Gasteiger partial charge in [0.1, 0.15) is 10.6 Å². The minimum absolute atomic E-state index is 0.0418. The number of rotatable bonds is 6. The second-order valence-electron chi connectivity index (χ2n) is 7.89. The Morgan fingerprint density at radius 1 is 1.13 bits per heavy atom. The fourth-order valence-corrected chi connectivity index (χ4v) is 5.72. The number of esters is 1. The quantitative estimate of drug-likeness (QED) is 0.603. The van der Waals surface area contributed by atoms with Gasteiger partial charge in [0.2, 0.25) is 10.0 Å². The first-order chi connectivity index (χ1) is 14.8. The highest BCUT2D eigenvalue weighted by Gasteiger charge is 2.31. The van der Waals surface area contributed by atoms with Crippen LogP contribution in [0.3, 0.4) is 0 Å². The number of ether oxygens (including phenoxy) is 3. The maximum atomic E-state index is 13.1. The molecule has 1 aromatic carbocycles. The highest BCUT2D eigenvalue weighted by molar-refractivity contribution is 7.89. The summed E-state index contributed by atoms with van der Waals surface area (Å²) in [6, 6.07) is 4.28. The number of nitrogens with zero attached hydrogens (tertiary/aromatic N) is 2.